The van der Waals surface area contributed by atoms with Gasteiger partial charge in [-0.1, -0.05) is 6.92 Å². The van der Waals surface area contributed by atoms with Crippen LogP contribution in [-0.2, 0) is 14.8 Å². The topological polar surface area (TPSA) is 136 Å². The Morgan fingerprint density at radius 2 is 1.92 bits per heavy atom. The molecule has 0 spiro atoms. The van der Waals surface area contributed by atoms with E-state index in [1.165, 1.54) is 0 Å². The molecule has 0 aromatic heterocycles. The van der Waals surface area contributed by atoms with Crippen molar-refractivity contribution in [2.75, 3.05) is 26.3 Å². The number of aliphatic carboxylic acids is 1. The Morgan fingerprint density at radius 1 is 1.33 bits per heavy atom. The normalized spacial score (nSPS) is 13.8. The Labute approximate surface area is 137 Å². The van der Waals surface area contributed by atoms with Gasteiger partial charge in [0.15, 0.2) is 16.4 Å². The maximum atomic E-state index is 12.7. The fraction of sp³-hybridized carbons (Fsp3) is 0.462. The van der Waals surface area contributed by atoms with Gasteiger partial charge in [-0.3, -0.25) is 14.9 Å². The van der Waals surface area contributed by atoms with Crippen LogP contribution in [0.25, 0.3) is 0 Å². The molecular formula is C13H16N2O8S. The molecule has 0 aliphatic carbocycles. The Morgan fingerprint density at radius 3 is 2.42 bits per heavy atom. The molecule has 0 radical (unpaired) electrons. The SMILES string of the molecule is CCCN(CC(=O)O)S(=O)(=O)c1cc2c(cc1[N+](=O)[O-])OCCO2. The third-order valence-corrected chi connectivity index (χ3v) is 5.10. The Kier molecular flexibility index (Phi) is 5.24. The first-order valence-electron chi connectivity index (χ1n) is 7.07. The van der Waals surface area contributed by atoms with E-state index in [-0.39, 0.29) is 31.3 Å². The zero-order chi connectivity index (χ0) is 17.9. The van der Waals surface area contributed by atoms with Gasteiger partial charge in [-0.25, -0.2) is 8.42 Å². The van der Waals surface area contributed by atoms with Gasteiger partial charge in [0.1, 0.15) is 19.8 Å². The van der Waals surface area contributed by atoms with Crippen LogP contribution in [0.3, 0.4) is 0 Å². The van der Waals surface area contributed by atoms with Gasteiger partial charge in [-0.05, 0) is 6.42 Å². The molecule has 1 aliphatic heterocycles. The molecular weight excluding hydrogens is 344 g/mol. The van der Waals surface area contributed by atoms with Gasteiger partial charge in [0.05, 0.1) is 11.0 Å². The van der Waals surface area contributed by atoms with Gasteiger partial charge in [-0.2, -0.15) is 4.31 Å². The minimum atomic E-state index is -4.39. The van der Waals surface area contributed by atoms with E-state index in [0.29, 0.717) is 10.7 Å². The summed E-state index contributed by atoms with van der Waals surface area (Å²) >= 11 is 0. The summed E-state index contributed by atoms with van der Waals surface area (Å²) in [5, 5.41) is 20.2. The lowest BCUT2D eigenvalue weighted by Crippen LogP contribution is -2.36. The van der Waals surface area contributed by atoms with Crippen molar-refractivity contribution < 1.29 is 32.7 Å². The average Bonchev–Trinajstić information content (AvgIpc) is 2.52. The van der Waals surface area contributed by atoms with Crippen molar-refractivity contribution in [2.24, 2.45) is 0 Å². The van der Waals surface area contributed by atoms with Crippen molar-refractivity contribution in [1.82, 2.24) is 4.31 Å². The second-order valence-corrected chi connectivity index (χ2v) is 6.86. The van der Waals surface area contributed by atoms with Crippen LogP contribution in [0.15, 0.2) is 17.0 Å². The van der Waals surface area contributed by atoms with Crippen LogP contribution in [0.5, 0.6) is 11.5 Å². The molecule has 2 rings (SSSR count). The number of nitrogens with zero attached hydrogens (tertiary/aromatic N) is 2. The molecule has 0 atom stereocenters. The number of carbonyl (C=O) groups is 1. The Balaban J connectivity index is 2.58. The van der Waals surface area contributed by atoms with Crippen molar-refractivity contribution >= 4 is 21.7 Å². The highest BCUT2D eigenvalue weighted by molar-refractivity contribution is 7.89. The van der Waals surface area contributed by atoms with Crippen molar-refractivity contribution in [3.8, 4) is 11.5 Å². The number of benzene rings is 1. The van der Waals surface area contributed by atoms with E-state index in [2.05, 4.69) is 0 Å². The van der Waals surface area contributed by atoms with Crippen LogP contribution in [-0.4, -0.2) is 55.0 Å². The highest BCUT2D eigenvalue weighted by Gasteiger charge is 2.35. The lowest BCUT2D eigenvalue weighted by atomic mass is 10.2. The third-order valence-electron chi connectivity index (χ3n) is 3.22. The molecule has 1 heterocycles. The Bertz CT molecular complexity index is 761. The standard InChI is InChI=1S/C13H16N2O8S/c1-2-3-14(8-13(16)17)24(20,21)12-7-11-10(22-4-5-23-11)6-9(12)15(18)19/h6-7H,2-5,8H2,1H3,(H,16,17). The molecule has 0 unspecified atom stereocenters. The summed E-state index contributed by atoms with van der Waals surface area (Å²) in [7, 11) is -4.39. The van der Waals surface area contributed by atoms with Gasteiger partial charge >= 0.3 is 5.97 Å². The van der Waals surface area contributed by atoms with Gasteiger partial charge < -0.3 is 14.6 Å². The summed E-state index contributed by atoms with van der Waals surface area (Å²) in [6.45, 7) is 1.17. The van der Waals surface area contributed by atoms with E-state index in [1.807, 2.05) is 0 Å². The molecule has 1 aromatic rings. The highest BCUT2D eigenvalue weighted by Crippen LogP contribution is 2.39. The van der Waals surface area contributed by atoms with Crippen LogP contribution in [0.4, 0.5) is 5.69 Å². The predicted octanol–water partition coefficient (Wildman–Crippen LogP) is 0.851. The van der Waals surface area contributed by atoms with Crippen molar-refractivity contribution in [3.63, 3.8) is 0 Å². The van der Waals surface area contributed by atoms with Crippen LogP contribution >= 0.6 is 0 Å². The number of carboxylic acid groups (broad SMARTS) is 1. The zero-order valence-corrected chi connectivity index (χ0v) is 13.6. The lowest BCUT2D eigenvalue weighted by Gasteiger charge is -2.22. The monoisotopic (exact) mass is 360 g/mol. The largest absolute Gasteiger partial charge is 0.486 e. The highest BCUT2D eigenvalue weighted by atomic mass is 32.2. The molecule has 0 saturated heterocycles. The second-order valence-electron chi connectivity index (χ2n) is 4.95. The fourth-order valence-corrected chi connectivity index (χ4v) is 3.87. The molecule has 132 valence electrons. The number of nitro benzene ring substituents is 1. The summed E-state index contributed by atoms with van der Waals surface area (Å²) in [6, 6.07) is 1.98. The number of carboxylic acids is 1. The van der Waals surface area contributed by atoms with Crippen molar-refractivity contribution in [1.29, 1.82) is 0 Å². The molecule has 0 fully saturated rings. The molecule has 1 N–H and O–H groups in total. The van der Waals surface area contributed by atoms with Gasteiger partial charge in [0.2, 0.25) is 0 Å². The molecule has 0 bridgehead atoms. The van der Waals surface area contributed by atoms with E-state index in [9.17, 15) is 23.3 Å². The average molecular weight is 360 g/mol. The van der Waals surface area contributed by atoms with E-state index in [0.717, 1.165) is 12.1 Å². The molecule has 10 nitrogen and oxygen atoms in total. The van der Waals surface area contributed by atoms with E-state index in [1.54, 1.807) is 6.92 Å². The molecule has 0 saturated carbocycles. The third kappa shape index (κ3) is 3.57. The zero-order valence-electron chi connectivity index (χ0n) is 12.8. The number of hydrogen-bond acceptors (Lipinski definition) is 7. The molecule has 1 aliphatic rings. The quantitative estimate of drug-likeness (QED) is 0.558. The van der Waals surface area contributed by atoms with Crippen molar-refractivity contribution in [3.05, 3.63) is 22.2 Å². The first-order valence-corrected chi connectivity index (χ1v) is 8.51. The number of ether oxygens (including phenoxy) is 2. The molecule has 11 heteroatoms. The number of rotatable bonds is 7. The summed E-state index contributed by atoms with van der Waals surface area (Å²) in [5.41, 5.74) is -0.689. The van der Waals surface area contributed by atoms with Crippen LogP contribution < -0.4 is 9.47 Å². The smallest absolute Gasteiger partial charge is 0.318 e. The molecule has 0 amide bonds. The van der Waals surface area contributed by atoms with Gasteiger partial charge in [0.25, 0.3) is 15.7 Å². The molecule has 24 heavy (non-hydrogen) atoms. The minimum Gasteiger partial charge on any atom is -0.486 e. The lowest BCUT2D eigenvalue weighted by molar-refractivity contribution is -0.388. The summed E-state index contributed by atoms with van der Waals surface area (Å²) < 4.78 is 36.6. The van der Waals surface area contributed by atoms with Crippen LogP contribution in [0.1, 0.15) is 13.3 Å². The van der Waals surface area contributed by atoms with E-state index in [4.69, 9.17) is 14.6 Å². The summed E-state index contributed by atoms with van der Waals surface area (Å²) in [6.07, 6.45) is 0.352. The van der Waals surface area contributed by atoms with Crippen LogP contribution in [0, 0.1) is 10.1 Å². The van der Waals surface area contributed by atoms with E-state index < -0.39 is 38.0 Å². The van der Waals surface area contributed by atoms with Crippen LogP contribution in [0.2, 0.25) is 0 Å². The van der Waals surface area contributed by atoms with Gasteiger partial charge in [-0.15, -0.1) is 0 Å². The number of hydrogen-bond donors (Lipinski definition) is 1. The van der Waals surface area contributed by atoms with E-state index >= 15 is 0 Å². The second kappa shape index (κ2) is 7.01. The summed E-state index contributed by atoms with van der Waals surface area (Å²) in [5.74, 6) is -1.21. The minimum absolute atomic E-state index is 0.0669. The first-order chi connectivity index (χ1) is 11.3. The number of nitro groups is 1. The number of sulfonamides is 1. The first kappa shape index (κ1) is 17.9. The summed E-state index contributed by atoms with van der Waals surface area (Å²) in [4.78, 5) is 20.7. The fourth-order valence-electron chi connectivity index (χ4n) is 2.23. The van der Waals surface area contributed by atoms with Gasteiger partial charge in [0, 0.05) is 12.6 Å². The maximum absolute atomic E-state index is 12.7. The molecule has 1 aromatic carbocycles. The van der Waals surface area contributed by atoms with Crippen molar-refractivity contribution in [2.45, 2.75) is 18.2 Å². The Hall–Kier alpha value is -2.40. The maximum Gasteiger partial charge on any atom is 0.318 e. The number of fused-ring (bicyclic) bond motifs is 1. The predicted molar refractivity (Wildman–Crippen MR) is 80.8 cm³/mol.